The second kappa shape index (κ2) is 10.6. The van der Waals surface area contributed by atoms with Crippen LogP contribution in [0.1, 0.15) is 50.6 Å². The van der Waals surface area contributed by atoms with Crippen molar-refractivity contribution in [3.8, 4) is 0 Å². The molecule has 0 amide bonds. The van der Waals surface area contributed by atoms with E-state index in [-0.39, 0.29) is 0 Å². The number of hydrogen-bond donors (Lipinski definition) is 1. The van der Waals surface area contributed by atoms with Gasteiger partial charge in [-0.1, -0.05) is 63.1 Å². The molecule has 1 rings (SSSR count). The van der Waals surface area contributed by atoms with Gasteiger partial charge in [-0.25, -0.2) is 0 Å². The summed E-state index contributed by atoms with van der Waals surface area (Å²) in [4.78, 5) is 0. The molecule has 0 aromatic heterocycles. The Morgan fingerprint density at radius 2 is 2.00 bits per heavy atom. The third-order valence-electron chi connectivity index (χ3n) is 3.25. The molecule has 0 aliphatic rings. The summed E-state index contributed by atoms with van der Waals surface area (Å²) >= 11 is 0. The molecule has 0 radical (unpaired) electrons. The molecule has 0 aliphatic heterocycles. The van der Waals surface area contributed by atoms with Crippen LogP contribution in [0.3, 0.4) is 0 Å². The molecule has 2 nitrogen and oxygen atoms in total. The van der Waals surface area contributed by atoms with Gasteiger partial charge in [0.2, 0.25) is 0 Å². The van der Waals surface area contributed by atoms with Gasteiger partial charge in [0, 0.05) is 6.04 Å². The predicted octanol–water partition coefficient (Wildman–Crippen LogP) is 4.45. The molecule has 106 valence electrons. The minimum atomic E-state index is 0.469. The SMILES string of the molecule is C=COCCCNC(CCCCC)c1ccccc1. The molecule has 2 heteroatoms. The second-order valence-electron chi connectivity index (χ2n) is 4.80. The highest BCUT2D eigenvalue weighted by Crippen LogP contribution is 2.19. The van der Waals surface area contributed by atoms with Crippen LogP contribution in [-0.4, -0.2) is 13.2 Å². The van der Waals surface area contributed by atoms with Crippen molar-refractivity contribution in [2.45, 2.75) is 45.1 Å². The Balaban J connectivity index is 2.38. The Morgan fingerprint density at radius 1 is 1.21 bits per heavy atom. The second-order valence-corrected chi connectivity index (χ2v) is 4.80. The van der Waals surface area contributed by atoms with Crippen LogP contribution in [0.4, 0.5) is 0 Å². The number of hydrogen-bond acceptors (Lipinski definition) is 2. The minimum absolute atomic E-state index is 0.469. The van der Waals surface area contributed by atoms with E-state index in [0.29, 0.717) is 6.04 Å². The van der Waals surface area contributed by atoms with E-state index in [1.807, 2.05) is 0 Å². The topological polar surface area (TPSA) is 21.3 Å². The van der Waals surface area contributed by atoms with E-state index in [1.165, 1.54) is 37.5 Å². The molecule has 0 bridgehead atoms. The van der Waals surface area contributed by atoms with Crippen LogP contribution in [0.2, 0.25) is 0 Å². The summed E-state index contributed by atoms with van der Waals surface area (Å²) in [5.74, 6) is 0. The molecule has 0 spiro atoms. The fourth-order valence-electron chi connectivity index (χ4n) is 2.19. The van der Waals surface area contributed by atoms with Gasteiger partial charge >= 0.3 is 0 Å². The van der Waals surface area contributed by atoms with Gasteiger partial charge in [-0.2, -0.15) is 0 Å². The van der Waals surface area contributed by atoms with Crippen molar-refractivity contribution >= 4 is 0 Å². The first-order valence-electron chi connectivity index (χ1n) is 7.39. The molecule has 1 atom stereocenters. The van der Waals surface area contributed by atoms with Crippen molar-refractivity contribution in [1.29, 1.82) is 0 Å². The number of rotatable bonds is 11. The highest BCUT2D eigenvalue weighted by Gasteiger charge is 2.09. The van der Waals surface area contributed by atoms with Gasteiger partial charge in [0.25, 0.3) is 0 Å². The minimum Gasteiger partial charge on any atom is -0.502 e. The maximum absolute atomic E-state index is 5.14. The normalized spacial score (nSPS) is 12.1. The zero-order valence-electron chi connectivity index (χ0n) is 12.1. The summed E-state index contributed by atoms with van der Waals surface area (Å²) in [7, 11) is 0. The summed E-state index contributed by atoms with van der Waals surface area (Å²) in [5.41, 5.74) is 1.39. The number of benzene rings is 1. The van der Waals surface area contributed by atoms with Crippen LogP contribution in [0.5, 0.6) is 0 Å². The first-order valence-corrected chi connectivity index (χ1v) is 7.39. The van der Waals surface area contributed by atoms with E-state index in [0.717, 1.165) is 19.6 Å². The quantitative estimate of drug-likeness (QED) is 0.469. The van der Waals surface area contributed by atoms with E-state index >= 15 is 0 Å². The molecule has 1 N–H and O–H groups in total. The predicted molar refractivity (Wildman–Crippen MR) is 82.1 cm³/mol. The lowest BCUT2D eigenvalue weighted by atomic mass is 10.0. The largest absolute Gasteiger partial charge is 0.502 e. The standard InChI is InChI=1S/C17H27NO/c1-3-5-7-13-17(16-11-8-6-9-12-16)18-14-10-15-19-4-2/h4,6,8-9,11-12,17-18H,2-3,5,7,10,13-15H2,1H3. The summed E-state index contributed by atoms with van der Waals surface area (Å²) in [6.07, 6.45) is 7.60. The van der Waals surface area contributed by atoms with Crippen LogP contribution in [0.15, 0.2) is 43.2 Å². The van der Waals surface area contributed by atoms with E-state index in [2.05, 4.69) is 49.2 Å². The fraction of sp³-hybridized carbons (Fsp3) is 0.529. The molecule has 1 aromatic rings. The average Bonchev–Trinajstić information content (AvgIpc) is 2.46. The first kappa shape index (κ1) is 15.8. The molecule has 1 unspecified atom stereocenters. The molecule has 19 heavy (non-hydrogen) atoms. The zero-order chi connectivity index (χ0) is 13.8. The molecular formula is C17H27NO. The Morgan fingerprint density at radius 3 is 2.68 bits per heavy atom. The average molecular weight is 261 g/mol. The van der Waals surface area contributed by atoms with E-state index in [1.54, 1.807) is 0 Å². The highest BCUT2D eigenvalue weighted by atomic mass is 16.5. The number of nitrogens with one attached hydrogen (secondary N) is 1. The summed E-state index contributed by atoms with van der Waals surface area (Å²) in [6, 6.07) is 11.2. The van der Waals surface area contributed by atoms with Crippen molar-refractivity contribution in [2.24, 2.45) is 0 Å². The molecule has 0 aliphatic carbocycles. The number of ether oxygens (including phenoxy) is 1. The summed E-state index contributed by atoms with van der Waals surface area (Å²) < 4.78 is 5.14. The first-order chi connectivity index (χ1) is 9.38. The van der Waals surface area contributed by atoms with Gasteiger partial charge < -0.3 is 10.1 Å². The fourth-order valence-corrected chi connectivity index (χ4v) is 2.19. The van der Waals surface area contributed by atoms with Crippen molar-refractivity contribution in [3.05, 3.63) is 48.7 Å². The van der Waals surface area contributed by atoms with Crippen LogP contribution in [0.25, 0.3) is 0 Å². The zero-order valence-corrected chi connectivity index (χ0v) is 12.1. The van der Waals surface area contributed by atoms with Crippen molar-refractivity contribution in [3.63, 3.8) is 0 Å². The van der Waals surface area contributed by atoms with Gasteiger partial charge in [-0.15, -0.1) is 0 Å². The van der Waals surface area contributed by atoms with E-state index in [4.69, 9.17) is 4.74 Å². The maximum atomic E-state index is 5.14. The van der Waals surface area contributed by atoms with Crippen LogP contribution >= 0.6 is 0 Å². The molecule has 1 aromatic carbocycles. The van der Waals surface area contributed by atoms with Crippen molar-refractivity contribution < 1.29 is 4.74 Å². The monoisotopic (exact) mass is 261 g/mol. The Labute approximate surface area is 117 Å². The van der Waals surface area contributed by atoms with Gasteiger partial charge in [0.1, 0.15) is 0 Å². The number of unbranched alkanes of at least 4 members (excludes halogenated alkanes) is 2. The van der Waals surface area contributed by atoms with Gasteiger partial charge in [-0.05, 0) is 24.9 Å². The van der Waals surface area contributed by atoms with Crippen LogP contribution < -0.4 is 5.32 Å². The lowest BCUT2D eigenvalue weighted by Crippen LogP contribution is -2.23. The van der Waals surface area contributed by atoms with Crippen molar-refractivity contribution in [2.75, 3.05) is 13.2 Å². The summed E-state index contributed by atoms with van der Waals surface area (Å²) in [5, 5.41) is 3.64. The van der Waals surface area contributed by atoms with Gasteiger partial charge in [0.15, 0.2) is 0 Å². The van der Waals surface area contributed by atoms with E-state index < -0.39 is 0 Å². The maximum Gasteiger partial charge on any atom is 0.0885 e. The van der Waals surface area contributed by atoms with Gasteiger partial charge in [-0.3, -0.25) is 0 Å². The molecular weight excluding hydrogens is 234 g/mol. The highest BCUT2D eigenvalue weighted by molar-refractivity contribution is 5.18. The third kappa shape index (κ3) is 7.02. The van der Waals surface area contributed by atoms with Crippen LogP contribution in [0, 0.1) is 0 Å². The van der Waals surface area contributed by atoms with Gasteiger partial charge in [0.05, 0.1) is 12.9 Å². The lowest BCUT2D eigenvalue weighted by molar-refractivity contribution is 0.242. The Hall–Kier alpha value is -1.28. The lowest BCUT2D eigenvalue weighted by Gasteiger charge is -2.19. The Kier molecular flexibility index (Phi) is 8.82. The molecule has 0 fully saturated rings. The van der Waals surface area contributed by atoms with Crippen LogP contribution in [-0.2, 0) is 4.74 Å². The Bertz CT molecular complexity index is 323. The molecule has 0 saturated heterocycles. The molecule has 0 saturated carbocycles. The van der Waals surface area contributed by atoms with E-state index in [9.17, 15) is 0 Å². The third-order valence-corrected chi connectivity index (χ3v) is 3.25. The molecule has 0 heterocycles. The van der Waals surface area contributed by atoms with Crippen molar-refractivity contribution in [1.82, 2.24) is 5.32 Å². The summed E-state index contributed by atoms with van der Waals surface area (Å²) in [6.45, 7) is 7.52. The smallest absolute Gasteiger partial charge is 0.0885 e.